The SMILES string of the molecule is c1cc2c(c(-c3cncn3CC3CCCC3)c1)NCC2. The van der Waals surface area contributed by atoms with Crippen molar-refractivity contribution in [3.8, 4) is 11.3 Å². The third-order valence-corrected chi connectivity index (χ3v) is 4.76. The van der Waals surface area contributed by atoms with Gasteiger partial charge in [-0.1, -0.05) is 31.0 Å². The van der Waals surface area contributed by atoms with Gasteiger partial charge in [0.2, 0.25) is 0 Å². The lowest BCUT2D eigenvalue weighted by Crippen LogP contribution is -2.08. The first-order chi connectivity index (χ1) is 9.92. The summed E-state index contributed by atoms with van der Waals surface area (Å²) in [6, 6.07) is 6.63. The summed E-state index contributed by atoms with van der Waals surface area (Å²) in [5.74, 6) is 0.840. The Labute approximate surface area is 120 Å². The number of fused-ring (bicyclic) bond motifs is 1. The van der Waals surface area contributed by atoms with E-state index in [0.717, 1.165) is 25.4 Å². The second kappa shape index (κ2) is 4.97. The fourth-order valence-corrected chi connectivity index (χ4v) is 3.71. The van der Waals surface area contributed by atoms with Gasteiger partial charge < -0.3 is 9.88 Å². The minimum absolute atomic E-state index is 0.840. The van der Waals surface area contributed by atoms with Crippen molar-refractivity contribution in [1.29, 1.82) is 0 Å². The van der Waals surface area contributed by atoms with Crippen LogP contribution in [-0.4, -0.2) is 16.1 Å². The molecule has 104 valence electrons. The Bertz CT molecular complexity index is 608. The molecule has 20 heavy (non-hydrogen) atoms. The molecule has 2 heterocycles. The Morgan fingerprint density at radius 1 is 1.25 bits per heavy atom. The van der Waals surface area contributed by atoms with E-state index in [1.807, 2.05) is 12.5 Å². The third kappa shape index (κ3) is 2.01. The molecule has 2 aliphatic rings. The molecule has 0 spiro atoms. The van der Waals surface area contributed by atoms with Crippen LogP contribution in [0.25, 0.3) is 11.3 Å². The van der Waals surface area contributed by atoms with Gasteiger partial charge in [-0.05, 0) is 30.7 Å². The molecular formula is C17H21N3. The monoisotopic (exact) mass is 267 g/mol. The molecule has 4 rings (SSSR count). The van der Waals surface area contributed by atoms with Gasteiger partial charge in [-0.3, -0.25) is 0 Å². The summed E-state index contributed by atoms with van der Waals surface area (Å²) in [6.45, 7) is 2.18. The second-order valence-corrected chi connectivity index (χ2v) is 6.10. The number of nitrogens with one attached hydrogen (secondary N) is 1. The Kier molecular flexibility index (Phi) is 2.98. The molecule has 1 fully saturated rings. The standard InChI is InChI=1S/C17H21N3/c1-2-5-13(4-1)11-20-12-18-10-16(20)15-7-3-6-14-8-9-19-17(14)15/h3,6-7,10,12-13,19H,1-2,4-5,8-9,11H2. The molecule has 0 saturated heterocycles. The van der Waals surface area contributed by atoms with E-state index in [1.54, 1.807) is 0 Å². The van der Waals surface area contributed by atoms with Crippen molar-refractivity contribution < 1.29 is 0 Å². The molecule has 0 unspecified atom stereocenters. The number of benzene rings is 1. The number of aromatic nitrogens is 2. The lowest BCUT2D eigenvalue weighted by atomic mass is 10.0. The van der Waals surface area contributed by atoms with E-state index < -0.39 is 0 Å². The molecule has 1 aromatic heterocycles. The van der Waals surface area contributed by atoms with Crippen LogP contribution in [0.3, 0.4) is 0 Å². The van der Waals surface area contributed by atoms with Crippen molar-refractivity contribution in [3.63, 3.8) is 0 Å². The van der Waals surface area contributed by atoms with E-state index in [1.165, 1.54) is 48.2 Å². The molecule has 1 aliphatic heterocycles. The van der Waals surface area contributed by atoms with Crippen molar-refractivity contribution in [2.24, 2.45) is 5.92 Å². The van der Waals surface area contributed by atoms with Crippen LogP contribution in [0.5, 0.6) is 0 Å². The van der Waals surface area contributed by atoms with Gasteiger partial charge in [0, 0.05) is 24.3 Å². The molecular weight excluding hydrogens is 246 g/mol. The molecule has 0 amide bonds. The molecule has 0 radical (unpaired) electrons. The van der Waals surface area contributed by atoms with Gasteiger partial charge in [0.05, 0.1) is 18.2 Å². The predicted octanol–water partition coefficient (Wildman–Crippen LogP) is 3.71. The largest absolute Gasteiger partial charge is 0.384 e. The average molecular weight is 267 g/mol. The minimum Gasteiger partial charge on any atom is -0.384 e. The maximum Gasteiger partial charge on any atom is 0.0951 e. The lowest BCUT2D eigenvalue weighted by molar-refractivity contribution is 0.459. The zero-order valence-electron chi connectivity index (χ0n) is 11.8. The first-order valence-electron chi connectivity index (χ1n) is 7.78. The number of hydrogen-bond acceptors (Lipinski definition) is 2. The number of para-hydroxylation sites is 1. The highest BCUT2D eigenvalue weighted by atomic mass is 15.1. The average Bonchev–Trinajstić information content (AvgIpc) is 3.19. The smallest absolute Gasteiger partial charge is 0.0951 e. The molecule has 0 atom stereocenters. The summed E-state index contributed by atoms with van der Waals surface area (Å²) in [7, 11) is 0. The zero-order chi connectivity index (χ0) is 13.4. The van der Waals surface area contributed by atoms with Gasteiger partial charge >= 0.3 is 0 Å². The number of anilines is 1. The Morgan fingerprint density at radius 3 is 3.05 bits per heavy atom. The van der Waals surface area contributed by atoms with Crippen LogP contribution < -0.4 is 5.32 Å². The molecule has 1 aliphatic carbocycles. The Morgan fingerprint density at radius 2 is 2.15 bits per heavy atom. The number of rotatable bonds is 3. The van der Waals surface area contributed by atoms with E-state index in [0.29, 0.717) is 0 Å². The van der Waals surface area contributed by atoms with Gasteiger partial charge in [0.25, 0.3) is 0 Å². The van der Waals surface area contributed by atoms with E-state index in [9.17, 15) is 0 Å². The molecule has 3 nitrogen and oxygen atoms in total. The third-order valence-electron chi connectivity index (χ3n) is 4.76. The van der Waals surface area contributed by atoms with Crippen LogP contribution in [0.2, 0.25) is 0 Å². The highest BCUT2D eigenvalue weighted by Crippen LogP contribution is 2.35. The summed E-state index contributed by atoms with van der Waals surface area (Å²) in [5, 5.41) is 3.54. The van der Waals surface area contributed by atoms with Gasteiger partial charge in [-0.25, -0.2) is 4.98 Å². The maximum absolute atomic E-state index is 4.40. The van der Waals surface area contributed by atoms with E-state index in [4.69, 9.17) is 0 Å². The molecule has 1 N–H and O–H groups in total. The van der Waals surface area contributed by atoms with E-state index in [2.05, 4.69) is 33.1 Å². The van der Waals surface area contributed by atoms with Gasteiger partial charge in [-0.15, -0.1) is 0 Å². The summed E-state index contributed by atoms with van der Waals surface area (Å²) < 4.78 is 2.35. The number of hydrogen-bond donors (Lipinski definition) is 1. The van der Waals surface area contributed by atoms with E-state index in [-0.39, 0.29) is 0 Å². The Hall–Kier alpha value is -1.77. The van der Waals surface area contributed by atoms with Crippen LogP contribution in [0.15, 0.2) is 30.7 Å². The van der Waals surface area contributed by atoms with Crippen LogP contribution in [-0.2, 0) is 13.0 Å². The van der Waals surface area contributed by atoms with Crippen LogP contribution in [0.4, 0.5) is 5.69 Å². The predicted molar refractivity (Wildman–Crippen MR) is 81.8 cm³/mol. The summed E-state index contributed by atoms with van der Waals surface area (Å²) >= 11 is 0. The summed E-state index contributed by atoms with van der Waals surface area (Å²) in [4.78, 5) is 4.40. The van der Waals surface area contributed by atoms with Crippen molar-refractivity contribution >= 4 is 5.69 Å². The zero-order valence-corrected chi connectivity index (χ0v) is 11.8. The van der Waals surface area contributed by atoms with Crippen molar-refractivity contribution in [2.75, 3.05) is 11.9 Å². The molecule has 1 saturated carbocycles. The van der Waals surface area contributed by atoms with Crippen molar-refractivity contribution in [2.45, 2.75) is 38.6 Å². The molecule has 3 heteroatoms. The summed E-state index contributed by atoms with van der Waals surface area (Å²) in [6.07, 6.45) is 10.7. The minimum atomic E-state index is 0.840. The van der Waals surface area contributed by atoms with Crippen LogP contribution in [0.1, 0.15) is 31.2 Å². The quantitative estimate of drug-likeness (QED) is 0.918. The van der Waals surface area contributed by atoms with Gasteiger partial charge in [0.15, 0.2) is 0 Å². The summed E-state index contributed by atoms with van der Waals surface area (Å²) in [5.41, 5.74) is 5.34. The van der Waals surface area contributed by atoms with Gasteiger partial charge in [0.1, 0.15) is 0 Å². The van der Waals surface area contributed by atoms with Gasteiger partial charge in [-0.2, -0.15) is 0 Å². The first kappa shape index (κ1) is 12.0. The van der Waals surface area contributed by atoms with E-state index >= 15 is 0 Å². The lowest BCUT2D eigenvalue weighted by Gasteiger charge is -2.15. The second-order valence-electron chi connectivity index (χ2n) is 6.10. The maximum atomic E-state index is 4.40. The molecule has 2 aromatic rings. The fraction of sp³-hybridized carbons (Fsp3) is 0.471. The Balaban J connectivity index is 1.69. The number of nitrogens with zero attached hydrogens (tertiary/aromatic N) is 2. The van der Waals surface area contributed by atoms with Crippen molar-refractivity contribution in [3.05, 3.63) is 36.3 Å². The molecule has 0 bridgehead atoms. The van der Waals surface area contributed by atoms with Crippen LogP contribution >= 0.6 is 0 Å². The van der Waals surface area contributed by atoms with Crippen LogP contribution in [0, 0.1) is 5.92 Å². The fourth-order valence-electron chi connectivity index (χ4n) is 3.71. The normalized spacial score (nSPS) is 18.2. The highest BCUT2D eigenvalue weighted by molar-refractivity contribution is 5.79. The topological polar surface area (TPSA) is 29.9 Å². The highest BCUT2D eigenvalue weighted by Gasteiger charge is 2.20. The number of imidazole rings is 1. The first-order valence-corrected chi connectivity index (χ1v) is 7.78. The van der Waals surface area contributed by atoms with Crippen molar-refractivity contribution in [1.82, 2.24) is 9.55 Å². The molecule has 1 aromatic carbocycles.